The Morgan fingerprint density at radius 1 is 0.577 bits per heavy atom. The van der Waals surface area contributed by atoms with Gasteiger partial charge in [-0.3, -0.25) is 31.3 Å². The number of carbonyl (C=O) groups is 2. The van der Waals surface area contributed by atoms with E-state index in [0.29, 0.717) is 20.3 Å². The standard InChI is InChI=1S/C14H8Br6N4O2/c15-5-1-3-7(11(19)9(5)17)21-23-13(25)14(26)24-22-8-4-2-6(16)10(18)12(8)20/h1-4,21-22H,(H,23,25)(H,24,26). The van der Waals surface area contributed by atoms with E-state index in [-0.39, 0.29) is 0 Å². The van der Waals surface area contributed by atoms with Gasteiger partial charge in [-0.25, -0.2) is 0 Å². The number of rotatable bonds is 4. The van der Waals surface area contributed by atoms with Crippen molar-refractivity contribution >= 4 is 119 Å². The minimum absolute atomic E-state index is 0.578. The average molecular weight is 744 g/mol. The Morgan fingerprint density at radius 3 is 1.27 bits per heavy atom. The van der Waals surface area contributed by atoms with E-state index < -0.39 is 11.8 Å². The van der Waals surface area contributed by atoms with Crippen LogP contribution in [0.15, 0.2) is 51.1 Å². The lowest BCUT2D eigenvalue weighted by Gasteiger charge is -2.13. The number of carbonyl (C=O) groups excluding carboxylic acids is 2. The average Bonchev–Trinajstić information content (AvgIpc) is 2.62. The molecule has 12 heteroatoms. The van der Waals surface area contributed by atoms with Crippen LogP contribution in [0.25, 0.3) is 0 Å². The van der Waals surface area contributed by atoms with Crippen LogP contribution in [0.1, 0.15) is 0 Å². The predicted molar refractivity (Wildman–Crippen MR) is 123 cm³/mol. The molecule has 0 radical (unpaired) electrons. The fraction of sp³-hybridized carbons (Fsp3) is 0. The zero-order valence-corrected chi connectivity index (χ0v) is 21.9. The molecule has 138 valence electrons. The van der Waals surface area contributed by atoms with Gasteiger partial charge in [0.2, 0.25) is 0 Å². The third-order valence-electron chi connectivity index (χ3n) is 2.90. The first kappa shape index (κ1) is 22.2. The quantitative estimate of drug-likeness (QED) is 0.180. The molecule has 2 aromatic rings. The number of hydrogen-bond donors (Lipinski definition) is 4. The van der Waals surface area contributed by atoms with Gasteiger partial charge in [0.05, 0.1) is 20.3 Å². The van der Waals surface area contributed by atoms with Crippen molar-refractivity contribution in [2.45, 2.75) is 0 Å². The molecule has 26 heavy (non-hydrogen) atoms. The molecule has 0 spiro atoms. The summed E-state index contributed by atoms with van der Waals surface area (Å²) in [6, 6.07) is 7.03. The highest BCUT2D eigenvalue weighted by molar-refractivity contribution is 9.15. The molecule has 0 unspecified atom stereocenters. The number of hydrazine groups is 2. The number of hydrogen-bond acceptors (Lipinski definition) is 4. The van der Waals surface area contributed by atoms with Crippen LogP contribution in [-0.4, -0.2) is 11.8 Å². The maximum Gasteiger partial charge on any atom is 0.329 e. The first-order valence-electron chi connectivity index (χ1n) is 6.61. The Kier molecular flexibility index (Phi) is 8.41. The van der Waals surface area contributed by atoms with Crippen LogP contribution in [0, 0.1) is 0 Å². The molecular formula is C14H8Br6N4O2. The van der Waals surface area contributed by atoms with Crippen molar-refractivity contribution < 1.29 is 9.59 Å². The normalized spacial score (nSPS) is 10.2. The summed E-state index contributed by atoms with van der Waals surface area (Å²) in [4.78, 5) is 23.8. The summed E-state index contributed by atoms with van der Waals surface area (Å²) in [5, 5.41) is 0. The minimum atomic E-state index is -0.865. The first-order valence-corrected chi connectivity index (χ1v) is 11.4. The maximum atomic E-state index is 11.9. The zero-order valence-electron chi connectivity index (χ0n) is 12.4. The van der Waals surface area contributed by atoms with Crippen molar-refractivity contribution in [2.75, 3.05) is 10.9 Å². The van der Waals surface area contributed by atoms with Crippen LogP contribution < -0.4 is 21.7 Å². The van der Waals surface area contributed by atoms with Crippen molar-refractivity contribution in [1.29, 1.82) is 0 Å². The van der Waals surface area contributed by atoms with Crippen LogP contribution in [-0.2, 0) is 9.59 Å². The largest absolute Gasteiger partial charge is 0.329 e. The summed E-state index contributed by atoms with van der Waals surface area (Å²) in [5.41, 5.74) is 11.2. The molecule has 0 saturated carbocycles. The summed E-state index contributed by atoms with van der Waals surface area (Å²) in [6.07, 6.45) is 0. The van der Waals surface area contributed by atoms with Crippen LogP contribution in [0.3, 0.4) is 0 Å². The molecule has 2 rings (SSSR count). The monoisotopic (exact) mass is 738 g/mol. The summed E-state index contributed by atoms with van der Waals surface area (Å²) in [6.45, 7) is 0. The van der Waals surface area contributed by atoms with Gasteiger partial charge in [0, 0.05) is 17.9 Å². The third kappa shape index (κ3) is 5.44. The molecule has 4 N–H and O–H groups in total. The van der Waals surface area contributed by atoms with Crippen LogP contribution >= 0.6 is 95.6 Å². The molecular weight excluding hydrogens is 736 g/mol. The van der Waals surface area contributed by atoms with E-state index in [2.05, 4.69) is 117 Å². The van der Waals surface area contributed by atoms with Crippen LogP contribution in [0.4, 0.5) is 11.4 Å². The Labute approximate surface area is 199 Å². The number of anilines is 2. The molecule has 0 fully saturated rings. The zero-order chi connectivity index (χ0) is 19.4. The number of benzene rings is 2. The molecule has 6 nitrogen and oxygen atoms in total. The van der Waals surface area contributed by atoms with Gasteiger partial charge in [0.1, 0.15) is 0 Å². The fourth-order valence-electron chi connectivity index (χ4n) is 1.61. The van der Waals surface area contributed by atoms with Crippen molar-refractivity contribution in [3.8, 4) is 0 Å². The molecule has 0 aliphatic rings. The molecule has 0 aliphatic heterocycles. The second-order valence-corrected chi connectivity index (χ2v) is 9.48. The lowest BCUT2D eigenvalue weighted by Crippen LogP contribution is -2.44. The van der Waals surface area contributed by atoms with E-state index in [1.54, 1.807) is 24.3 Å². The van der Waals surface area contributed by atoms with Crippen LogP contribution in [0.5, 0.6) is 0 Å². The topological polar surface area (TPSA) is 82.3 Å². The van der Waals surface area contributed by atoms with Gasteiger partial charge in [-0.2, -0.15) is 0 Å². The highest BCUT2D eigenvalue weighted by Gasteiger charge is 2.15. The van der Waals surface area contributed by atoms with Gasteiger partial charge in [0.25, 0.3) is 0 Å². The summed E-state index contributed by atoms with van der Waals surface area (Å²) < 4.78 is 4.61. The van der Waals surface area contributed by atoms with E-state index in [1.165, 1.54) is 0 Å². The van der Waals surface area contributed by atoms with Crippen molar-refractivity contribution in [3.05, 3.63) is 51.1 Å². The molecule has 2 amide bonds. The van der Waals surface area contributed by atoms with E-state index in [1.807, 2.05) is 0 Å². The van der Waals surface area contributed by atoms with Crippen molar-refractivity contribution in [3.63, 3.8) is 0 Å². The van der Waals surface area contributed by atoms with E-state index in [4.69, 9.17) is 0 Å². The van der Waals surface area contributed by atoms with Crippen LogP contribution in [0.2, 0.25) is 0 Å². The molecule has 0 saturated heterocycles. The second-order valence-electron chi connectivity index (χ2n) is 4.60. The van der Waals surface area contributed by atoms with Gasteiger partial charge < -0.3 is 0 Å². The van der Waals surface area contributed by atoms with Gasteiger partial charge in [-0.15, -0.1) is 0 Å². The molecule has 0 heterocycles. The van der Waals surface area contributed by atoms with E-state index >= 15 is 0 Å². The predicted octanol–water partition coefficient (Wildman–Crippen LogP) is 5.85. The van der Waals surface area contributed by atoms with E-state index in [9.17, 15) is 9.59 Å². The number of amides is 2. The third-order valence-corrected chi connectivity index (χ3v) is 9.64. The molecule has 2 aromatic carbocycles. The smallest absolute Gasteiger partial charge is 0.297 e. The van der Waals surface area contributed by atoms with Gasteiger partial charge >= 0.3 is 11.8 Å². The fourth-order valence-corrected chi connectivity index (χ4v) is 4.38. The minimum Gasteiger partial charge on any atom is -0.297 e. The lowest BCUT2D eigenvalue weighted by atomic mass is 10.3. The van der Waals surface area contributed by atoms with E-state index in [0.717, 1.165) is 17.9 Å². The van der Waals surface area contributed by atoms with Crippen molar-refractivity contribution in [1.82, 2.24) is 10.9 Å². The Bertz CT molecular complexity index is 806. The van der Waals surface area contributed by atoms with Gasteiger partial charge in [0.15, 0.2) is 0 Å². The lowest BCUT2D eigenvalue weighted by molar-refractivity contribution is -0.138. The highest BCUT2D eigenvalue weighted by Crippen LogP contribution is 2.37. The second kappa shape index (κ2) is 9.87. The number of nitrogens with one attached hydrogen (secondary N) is 4. The summed E-state index contributed by atoms with van der Waals surface area (Å²) >= 11 is 20.3. The molecule has 0 atom stereocenters. The molecule has 0 aliphatic carbocycles. The summed E-state index contributed by atoms with van der Waals surface area (Å²) in [7, 11) is 0. The first-order chi connectivity index (χ1) is 12.2. The molecule has 0 bridgehead atoms. The number of halogens is 6. The summed E-state index contributed by atoms with van der Waals surface area (Å²) in [5.74, 6) is -1.73. The Hall–Kier alpha value is -0.140. The molecule has 0 aromatic heterocycles. The van der Waals surface area contributed by atoms with Crippen molar-refractivity contribution in [2.24, 2.45) is 0 Å². The Morgan fingerprint density at radius 2 is 0.923 bits per heavy atom. The SMILES string of the molecule is O=C(NNc1ccc(Br)c(Br)c1Br)C(=O)NNc1ccc(Br)c(Br)c1Br. The van der Waals surface area contributed by atoms with Gasteiger partial charge in [-0.1, -0.05) is 0 Å². The maximum absolute atomic E-state index is 11.9. The Balaban J connectivity index is 1.93. The highest BCUT2D eigenvalue weighted by atomic mass is 79.9. The van der Waals surface area contributed by atoms with Gasteiger partial charge in [-0.05, 0) is 120 Å².